The third kappa shape index (κ3) is 4.11. The van der Waals surface area contributed by atoms with Crippen LogP contribution in [0.4, 0.5) is 5.95 Å². The Bertz CT molecular complexity index is 876. The number of fused-ring (bicyclic) bond motifs is 1. The highest BCUT2D eigenvalue weighted by Crippen LogP contribution is 2.34. The zero-order chi connectivity index (χ0) is 20.4. The summed E-state index contributed by atoms with van der Waals surface area (Å²) in [4.78, 5) is 26.8. The first-order chi connectivity index (χ1) is 14.1. The number of methoxy groups -OCH3 is 1. The van der Waals surface area contributed by atoms with Gasteiger partial charge >= 0.3 is 0 Å². The Labute approximate surface area is 171 Å². The number of ketones is 1. The molecule has 0 bridgehead atoms. The number of nitrogens with zero attached hydrogens (tertiary/aromatic N) is 4. The molecule has 1 aromatic carbocycles. The zero-order valence-corrected chi connectivity index (χ0v) is 17.1. The number of rotatable bonds is 5. The number of hydrogen-bond donors (Lipinski definition) is 1. The van der Waals surface area contributed by atoms with Gasteiger partial charge in [0.2, 0.25) is 5.95 Å². The minimum absolute atomic E-state index is 0.129. The molecular weight excluding hydrogens is 368 g/mol. The lowest BCUT2D eigenvalue weighted by atomic mass is 9.81. The van der Waals surface area contributed by atoms with Crippen LogP contribution in [0.2, 0.25) is 0 Å². The van der Waals surface area contributed by atoms with Crippen molar-refractivity contribution in [2.75, 3.05) is 51.3 Å². The Morgan fingerprint density at radius 1 is 1.10 bits per heavy atom. The Kier molecular flexibility index (Phi) is 5.78. The summed E-state index contributed by atoms with van der Waals surface area (Å²) >= 11 is 0. The van der Waals surface area contributed by atoms with Crippen LogP contribution in [0.15, 0.2) is 24.3 Å². The van der Waals surface area contributed by atoms with Gasteiger partial charge in [-0.05, 0) is 37.0 Å². The van der Waals surface area contributed by atoms with Crippen LogP contribution >= 0.6 is 0 Å². The Balaban J connectivity index is 1.56. The van der Waals surface area contributed by atoms with E-state index in [2.05, 4.69) is 14.8 Å². The molecule has 0 unspecified atom stereocenters. The first kappa shape index (κ1) is 19.8. The Morgan fingerprint density at radius 2 is 1.83 bits per heavy atom. The number of aromatic nitrogens is 2. The van der Waals surface area contributed by atoms with Gasteiger partial charge < -0.3 is 14.7 Å². The molecule has 2 aliphatic rings. The fourth-order valence-electron chi connectivity index (χ4n) is 4.32. The largest absolute Gasteiger partial charge is 0.497 e. The van der Waals surface area contributed by atoms with E-state index in [0.29, 0.717) is 24.5 Å². The number of β-amino-alcohol motifs (C(OH)–C–C–N with tert-alkyl or cyclic N) is 1. The number of ether oxygens (including phenoxy) is 1. The standard InChI is InChI=1S/C22H28N4O3/c1-15-21-19(24-22(23-15)26-9-7-25(8-10-26)11-12-27)13-17(14-20(21)28)16-3-5-18(29-2)6-4-16/h3-6,17,27H,7-14H2,1-2H3/t17-/m0/s1. The molecule has 2 heterocycles. The van der Waals surface area contributed by atoms with Crippen molar-refractivity contribution in [2.24, 2.45) is 0 Å². The van der Waals surface area contributed by atoms with E-state index >= 15 is 0 Å². The predicted molar refractivity (Wildman–Crippen MR) is 111 cm³/mol. The fraction of sp³-hybridized carbons (Fsp3) is 0.500. The van der Waals surface area contributed by atoms with Crippen LogP contribution in [-0.4, -0.2) is 72.2 Å². The molecule has 29 heavy (non-hydrogen) atoms. The van der Waals surface area contributed by atoms with Crippen molar-refractivity contribution in [3.05, 3.63) is 46.8 Å². The molecule has 1 saturated heterocycles. The topological polar surface area (TPSA) is 78.8 Å². The number of piperazine rings is 1. The van der Waals surface area contributed by atoms with E-state index in [4.69, 9.17) is 14.8 Å². The van der Waals surface area contributed by atoms with E-state index in [1.54, 1.807) is 7.11 Å². The number of anilines is 1. The second-order valence-corrected chi connectivity index (χ2v) is 7.78. The van der Waals surface area contributed by atoms with Crippen molar-refractivity contribution in [3.63, 3.8) is 0 Å². The minimum Gasteiger partial charge on any atom is -0.497 e. The molecule has 1 atom stereocenters. The van der Waals surface area contributed by atoms with Crippen LogP contribution in [0.1, 0.15) is 39.6 Å². The highest BCUT2D eigenvalue weighted by molar-refractivity contribution is 5.99. The molecule has 2 aromatic rings. The summed E-state index contributed by atoms with van der Waals surface area (Å²) in [6.45, 7) is 6.22. The second-order valence-electron chi connectivity index (χ2n) is 7.78. The summed E-state index contributed by atoms with van der Waals surface area (Å²) in [6.07, 6.45) is 1.23. The first-order valence-electron chi connectivity index (χ1n) is 10.2. The quantitative estimate of drug-likeness (QED) is 0.826. The number of aryl methyl sites for hydroxylation is 1. The molecule has 0 spiro atoms. The molecular formula is C22H28N4O3. The Hall–Kier alpha value is -2.51. The third-order valence-electron chi connectivity index (χ3n) is 5.96. The summed E-state index contributed by atoms with van der Waals surface area (Å²) in [5, 5.41) is 9.12. The molecule has 7 heteroatoms. The average Bonchev–Trinajstić information content (AvgIpc) is 2.74. The molecule has 1 fully saturated rings. The van der Waals surface area contributed by atoms with Gasteiger partial charge in [0.05, 0.1) is 30.7 Å². The van der Waals surface area contributed by atoms with Crippen molar-refractivity contribution in [1.29, 1.82) is 0 Å². The van der Waals surface area contributed by atoms with Crippen molar-refractivity contribution in [3.8, 4) is 5.75 Å². The smallest absolute Gasteiger partial charge is 0.225 e. The van der Waals surface area contributed by atoms with Gasteiger partial charge in [0.15, 0.2) is 5.78 Å². The van der Waals surface area contributed by atoms with Gasteiger partial charge in [-0.2, -0.15) is 0 Å². The van der Waals surface area contributed by atoms with Crippen LogP contribution < -0.4 is 9.64 Å². The number of aliphatic hydroxyl groups excluding tert-OH is 1. The normalized spacial score (nSPS) is 19.9. The van der Waals surface area contributed by atoms with Crippen LogP contribution in [0.5, 0.6) is 5.75 Å². The number of Topliss-reactive ketones (excluding diaryl/α,β-unsaturated/α-hetero) is 1. The number of carbonyl (C=O) groups excluding carboxylic acids is 1. The minimum atomic E-state index is 0.129. The van der Waals surface area contributed by atoms with Crippen molar-refractivity contribution in [1.82, 2.24) is 14.9 Å². The third-order valence-corrected chi connectivity index (χ3v) is 5.96. The first-order valence-corrected chi connectivity index (χ1v) is 10.2. The van der Waals surface area contributed by atoms with Gasteiger partial charge in [0.1, 0.15) is 5.75 Å². The summed E-state index contributed by atoms with van der Waals surface area (Å²) < 4.78 is 5.24. The van der Waals surface area contributed by atoms with Crippen LogP contribution in [-0.2, 0) is 6.42 Å². The maximum absolute atomic E-state index is 12.9. The van der Waals surface area contributed by atoms with Crippen molar-refractivity contribution >= 4 is 11.7 Å². The predicted octanol–water partition coefficient (Wildman–Crippen LogP) is 1.82. The van der Waals surface area contributed by atoms with Gasteiger partial charge in [-0.15, -0.1) is 0 Å². The molecule has 0 amide bonds. The summed E-state index contributed by atoms with van der Waals surface area (Å²) in [6, 6.07) is 7.96. The van der Waals surface area contributed by atoms with E-state index in [0.717, 1.165) is 55.3 Å². The SMILES string of the molecule is COc1ccc([C@@H]2CC(=O)c3c(C)nc(N4CCN(CCO)CC4)nc3C2)cc1. The zero-order valence-electron chi connectivity index (χ0n) is 17.1. The molecule has 0 saturated carbocycles. The average molecular weight is 396 g/mol. The highest BCUT2D eigenvalue weighted by atomic mass is 16.5. The number of carbonyl (C=O) groups is 1. The summed E-state index contributed by atoms with van der Waals surface area (Å²) in [5.74, 6) is 1.79. The maximum atomic E-state index is 12.9. The number of aliphatic hydroxyl groups is 1. The molecule has 154 valence electrons. The van der Waals surface area contributed by atoms with Gasteiger partial charge in [-0.3, -0.25) is 9.69 Å². The van der Waals surface area contributed by atoms with E-state index in [1.165, 1.54) is 0 Å². The van der Waals surface area contributed by atoms with Crippen LogP contribution in [0, 0.1) is 6.92 Å². The van der Waals surface area contributed by atoms with E-state index in [-0.39, 0.29) is 18.3 Å². The lowest BCUT2D eigenvalue weighted by Crippen LogP contribution is -2.48. The monoisotopic (exact) mass is 396 g/mol. The summed E-state index contributed by atoms with van der Waals surface area (Å²) in [7, 11) is 1.65. The number of hydrogen-bond acceptors (Lipinski definition) is 7. The fourth-order valence-corrected chi connectivity index (χ4v) is 4.32. The molecule has 1 aromatic heterocycles. The molecule has 1 aliphatic carbocycles. The van der Waals surface area contributed by atoms with E-state index in [9.17, 15) is 4.79 Å². The lowest BCUT2D eigenvalue weighted by Gasteiger charge is -2.35. The van der Waals surface area contributed by atoms with Gasteiger partial charge in [-0.25, -0.2) is 9.97 Å². The van der Waals surface area contributed by atoms with Crippen LogP contribution in [0.3, 0.4) is 0 Å². The van der Waals surface area contributed by atoms with Crippen molar-refractivity contribution in [2.45, 2.75) is 25.7 Å². The van der Waals surface area contributed by atoms with E-state index in [1.807, 2.05) is 31.2 Å². The van der Waals surface area contributed by atoms with E-state index < -0.39 is 0 Å². The van der Waals surface area contributed by atoms with Gasteiger partial charge in [0, 0.05) is 39.1 Å². The number of benzene rings is 1. The second kappa shape index (κ2) is 8.47. The van der Waals surface area contributed by atoms with Gasteiger partial charge in [-0.1, -0.05) is 12.1 Å². The highest BCUT2D eigenvalue weighted by Gasteiger charge is 2.31. The maximum Gasteiger partial charge on any atom is 0.225 e. The van der Waals surface area contributed by atoms with Crippen LogP contribution in [0.25, 0.3) is 0 Å². The molecule has 1 aliphatic heterocycles. The molecule has 0 radical (unpaired) electrons. The lowest BCUT2D eigenvalue weighted by molar-refractivity contribution is 0.0962. The van der Waals surface area contributed by atoms with Crippen molar-refractivity contribution < 1.29 is 14.6 Å². The molecule has 1 N–H and O–H groups in total. The Morgan fingerprint density at radius 3 is 2.48 bits per heavy atom. The summed E-state index contributed by atoms with van der Waals surface area (Å²) in [5.41, 5.74) is 3.49. The molecule has 7 nitrogen and oxygen atoms in total. The molecule has 4 rings (SSSR count). The van der Waals surface area contributed by atoms with Gasteiger partial charge in [0.25, 0.3) is 0 Å².